The van der Waals surface area contributed by atoms with Gasteiger partial charge in [0, 0.05) is 5.38 Å². The fraction of sp³-hybridized carbons (Fsp3) is 0.400. The van der Waals surface area contributed by atoms with Gasteiger partial charge in [0.1, 0.15) is 6.04 Å². The molecule has 0 aliphatic heterocycles. The molecule has 0 aromatic carbocycles. The number of hydrogen-bond donors (Lipinski definition) is 3. The summed E-state index contributed by atoms with van der Waals surface area (Å²) >= 11 is 0.895. The Hall–Kier alpha value is -1.96. The zero-order valence-corrected chi connectivity index (χ0v) is 10.7. The largest absolute Gasteiger partial charge is 0.476 e. The molecule has 8 heteroatoms. The number of carboxylic acid groups (broad SMARTS) is 1. The maximum absolute atomic E-state index is 11.7. The number of primary amides is 1. The topological polar surface area (TPSA) is 122 Å². The van der Waals surface area contributed by atoms with E-state index in [0.29, 0.717) is 0 Å². The lowest BCUT2D eigenvalue weighted by Crippen LogP contribution is -2.47. The summed E-state index contributed by atoms with van der Waals surface area (Å²) in [7, 11) is 0. The van der Waals surface area contributed by atoms with E-state index >= 15 is 0 Å². The van der Waals surface area contributed by atoms with E-state index in [4.69, 9.17) is 10.8 Å². The van der Waals surface area contributed by atoms with Crippen LogP contribution in [0.25, 0.3) is 0 Å². The van der Waals surface area contributed by atoms with Gasteiger partial charge in [0.15, 0.2) is 10.7 Å². The molecule has 1 unspecified atom stereocenters. The third-order valence-corrected chi connectivity index (χ3v) is 3.02. The Morgan fingerprint density at radius 2 is 2.06 bits per heavy atom. The van der Waals surface area contributed by atoms with Crippen LogP contribution in [0.5, 0.6) is 0 Å². The number of amides is 2. The first-order valence-electron chi connectivity index (χ1n) is 5.12. The average Bonchev–Trinajstić information content (AvgIpc) is 2.73. The van der Waals surface area contributed by atoms with Crippen molar-refractivity contribution in [3.8, 4) is 0 Å². The van der Waals surface area contributed by atoms with Crippen molar-refractivity contribution in [3.63, 3.8) is 0 Å². The Labute approximate surface area is 107 Å². The van der Waals surface area contributed by atoms with Crippen molar-refractivity contribution >= 4 is 29.1 Å². The fourth-order valence-electron chi connectivity index (χ4n) is 1.25. The van der Waals surface area contributed by atoms with Crippen LogP contribution < -0.4 is 11.1 Å². The van der Waals surface area contributed by atoms with Gasteiger partial charge in [-0.2, -0.15) is 0 Å². The minimum Gasteiger partial charge on any atom is -0.476 e. The van der Waals surface area contributed by atoms with Gasteiger partial charge in [-0.1, -0.05) is 13.8 Å². The summed E-state index contributed by atoms with van der Waals surface area (Å²) in [5.74, 6) is -2.62. The number of hydrogen-bond acceptors (Lipinski definition) is 5. The smallest absolute Gasteiger partial charge is 0.355 e. The molecule has 0 saturated carbocycles. The van der Waals surface area contributed by atoms with Gasteiger partial charge in [-0.25, -0.2) is 9.78 Å². The maximum atomic E-state index is 11.7. The summed E-state index contributed by atoms with van der Waals surface area (Å²) in [6.45, 7) is 3.47. The van der Waals surface area contributed by atoms with Gasteiger partial charge in [0.25, 0.3) is 5.91 Å². The van der Waals surface area contributed by atoms with Crippen LogP contribution in [0.15, 0.2) is 5.38 Å². The van der Waals surface area contributed by atoms with Gasteiger partial charge in [-0.15, -0.1) is 11.3 Å². The molecule has 4 N–H and O–H groups in total. The Morgan fingerprint density at radius 3 is 2.44 bits per heavy atom. The molecule has 1 heterocycles. The Bertz CT molecular complexity index is 483. The summed E-state index contributed by atoms with van der Waals surface area (Å²) in [6, 6.07) is -0.810. The van der Waals surface area contributed by atoms with Crippen LogP contribution in [0.4, 0.5) is 0 Å². The molecule has 98 valence electrons. The number of rotatable bonds is 5. The quantitative estimate of drug-likeness (QED) is 0.700. The number of thiazole rings is 1. The van der Waals surface area contributed by atoms with Gasteiger partial charge in [-0.3, -0.25) is 9.59 Å². The molecular weight excluding hydrogens is 258 g/mol. The van der Waals surface area contributed by atoms with Crippen LogP contribution in [0, 0.1) is 5.92 Å². The molecule has 0 radical (unpaired) electrons. The molecule has 0 bridgehead atoms. The van der Waals surface area contributed by atoms with Gasteiger partial charge >= 0.3 is 5.97 Å². The van der Waals surface area contributed by atoms with Gasteiger partial charge in [0.2, 0.25) is 5.91 Å². The molecule has 2 amide bonds. The van der Waals surface area contributed by atoms with Crippen molar-refractivity contribution in [3.05, 3.63) is 16.1 Å². The summed E-state index contributed by atoms with van der Waals surface area (Å²) in [6.07, 6.45) is 0. The zero-order valence-electron chi connectivity index (χ0n) is 9.84. The van der Waals surface area contributed by atoms with Crippen LogP contribution in [0.3, 0.4) is 0 Å². The van der Waals surface area contributed by atoms with Crippen LogP contribution in [0.1, 0.15) is 34.1 Å². The average molecular weight is 271 g/mol. The fourth-order valence-corrected chi connectivity index (χ4v) is 1.94. The van der Waals surface area contributed by atoms with Crippen LogP contribution in [-0.2, 0) is 4.79 Å². The number of carbonyl (C=O) groups is 3. The third-order valence-electron chi connectivity index (χ3n) is 2.18. The van der Waals surface area contributed by atoms with E-state index in [0.717, 1.165) is 11.3 Å². The second-order valence-electron chi connectivity index (χ2n) is 3.94. The lowest BCUT2D eigenvalue weighted by atomic mass is 10.0. The molecule has 18 heavy (non-hydrogen) atoms. The summed E-state index contributed by atoms with van der Waals surface area (Å²) in [4.78, 5) is 37.1. The van der Waals surface area contributed by atoms with Gasteiger partial charge in [0.05, 0.1) is 0 Å². The first-order valence-corrected chi connectivity index (χ1v) is 6.00. The van der Waals surface area contributed by atoms with Crippen molar-refractivity contribution in [2.24, 2.45) is 11.7 Å². The molecule has 0 aliphatic rings. The van der Waals surface area contributed by atoms with Crippen LogP contribution in [-0.4, -0.2) is 33.9 Å². The molecule has 0 saturated heterocycles. The van der Waals surface area contributed by atoms with E-state index in [-0.39, 0.29) is 16.6 Å². The summed E-state index contributed by atoms with van der Waals surface area (Å²) in [5.41, 5.74) is 4.95. The maximum Gasteiger partial charge on any atom is 0.355 e. The number of carbonyl (C=O) groups excluding carboxylic acids is 2. The van der Waals surface area contributed by atoms with E-state index in [9.17, 15) is 14.4 Å². The minimum absolute atomic E-state index is 0.0145. The number of nitrogens with zero attached hydrogens (tertiary/aromatic N) is 1. The number of nitrogens with one attached hydrogen (secondary N) is 1. The van der Waals surface area contributed by atoms with E-state index in [1.54, 1.807) is 13.8 Å². The predicted octanol–water partition coefficient (Wildman–Crippen LogP) is 0.0810. The minimum atomic E-state index is -1.21. The molecule has 0 spiro atoms. The Kier molecular flexibility index (Phi) is 4.38. The Morgan fingerprint density at radius 1 is 1.44 bits per heavy atom. The predicted molar refractivity (Wildman–Crippen MR) is 64.4 cm³/mol. The van der Waals surface area contributed by atoms with Crippen molar-refractivity contribution in [2.45, 2.75) is 19.9 Å². The Balaban J connectivity index is 2.80. The highest BCUT2D eigenvalue weighted by Gasteiger charge is 2.24. The highest BCUT2D eigenvalue weighted by Crippen LogP contribution is 2.11. The first-order chi connectivity index (χ1) is 8.32. The molecule has 0 fully saturated rings. The molecule has 7 nitrogen and oxygen atoms in total. The molecule has 0 aliphatic carbocycles. The van der Waals surface area contributed by atoms with Crippen LogP contribution in [0.2, 0.25) is 0 Å². The van der Waals surface area contributed by atoms with Gasteiger partial charge < -0.3 is 16.2 Å². The number of aromatic carboxylic acids is 1. The van der Waals surface area contributed by atoms with Crippen LogP contribution >= 0.6 is 11.3 Å². The lowest BCUT2D eigenvalue weighted by Gasteiger charge is -2.17. The van der Waals surface area contributed by atoms with E-state index < -0.39 is 23.8 Å². The zero-order chi connectivity index (χ0) is 13.9. The standard InChI is InChI=1S/C10H13N3O4S/c1-4(2)6(7(11)14)13-8(15)9-12-5(3-18-9)10(16)17/h3-4,6H,1-2H3,(H2,11,14)(H,13,15)(H,16,17). The second-order valence-corrected chi connectivity index (χ2v) is 4.80. The highest BCUT2D eigenvalue weighted by molar-refractivity contribution is 7.11. The van der Waals surface area contributed by atoms with Crippen molar-refractivity contribution in [1.82, 2.24) is 10.3 Å². The van der Waals surface area contributed by atoms with Crippen molar-refractivity contribution in [2.75, 3.05) is 0 Å². The molecule has 1 rings (SSSR count). The molecule has 1 aromatic heterocycles. The molecule has 1 atom stereocenters. The monoisotopic (exact) mass is 271 g/mol. The van der Waals surface area contributed by atoms with Crippen molar-refractivity contribution < 1.29 is 19.5 Å². The second kappa shape index (κ2) is 5.58. The van der Waals surface area contributed by atoms with E-state index in [2.05, 4.69) is 10.3 Å². The summed E-state index contributed by atoms with van der Waals surface area (Å²) < 4.78 is 0. The number of nitrogens with two attached hydrogens (primary N) is 1. The number of carboxylic acids is 1. The van der Waals surface area contributed by atoms with E-state index in [1.165, 1.54) is 5.38 Å². The van der Waals surface area contributed by atoms with Crippen molar-refractivity contribution in [1.29, 1.82) is 0 Å². The molecular formula is C10H13N3O4S. The highest BCUT2D eigenvalue weighted by atomic mass is 32.1. The normalized spacial score (nSPS) is 12.2. The molecule has 1 aromatic rings. The van der Waals surface area contributed by atoms with E-state index in [1.807, 2.05) is 0 Å². The third kappa shape index (κ3) is 3.27. The number of aromatic nitrogens is 1. The SMILES string of the molecule is CC(C)C(NC(=O)c1nc(C(=O)O)cs1)C(N)=O. The lowest BCUT2D eigenvalue weighted by molar-refractivity contribution is -0.120. The summed E-state index contributed by atoms with van der Waals surface area (Å²) in [5, 5.41) is 12.3. The first kappa shape index (κ1) is 14.1. The van der Waals surface area contributed by atoms with Gasteiger partial charge in [-0.05, 0) is 5.92 Å².